The average Bonchev–Trinajstić information content (AvgIpc) is 2.48. The summed E-state index contributed by atoms with van der Waals surface area (Å²) >= 11 is 0. The zero-order chi connectivity index (χ0) is 17.7. The highest BCUT2D eigenvalue weighted by molar-refractivity contribution is 5.79. The van der Waals surface area contributed by atoms with Gasteiger partial charge in [0.05, 0.1) is 6.54 Å². The van der Waals surface area contributed by atoms with Crippen molar-refractivity contribution in [1.29, 1.82) is 0 Å². The number of hydrogen-bond acceptors (Lipinski definition) is 3. The first-order valence-corrected chi connectivity index (χ1v) is 9.33. The molecule has 2 aliphatic rings. The van der Waals surface area contributed by atoms with E-state index in [1.54, 1.807) is 0 Å². The van der Waals surface area contributed by atoms with E-state index in [9.17, 15) is 9.59 Å². The smallest absolute Gasteiger partial charge is 0.317 e. The molecule has 2 unspecified atom stereocenters. The lowest BCUT2D eigenvalue weighted by Crippen LogP contribution is -2.56. The predicted molar refractivity (Wildman–Crippen MR) is 95.9 cm³/mol. The van der Waals surface area contributed by atoms with Gasteiger partial charge in [0.25, 0.3) is 0 Å². The normalized spacial score (nSPS) is 26.1. The van der Waals surface area contributed by atoms with Crippen LogP contribution >= 0.6 is 0 Å². The molecule has 1 saturated carbocycles. The Hall–Kier alpha value is -1.30. The molecule has 2 N–H and O–H groups in total. The van der Waals surface area contributed by atoms with Gasteiger partial charge in [-0.15, -0.1) is 0 Å². The van der Waals surface area contributed by atoms with Gasteiger partial charge in [-0.25, -0.2) is 4.79 Å². The van der Waals surface area contributed by atoms with Crippen molar-refractivity contribution in [1.82, 2.24) is 20.4 Å². The van der Waals surface area contributed by atoms with E-state index in [2.05, 4.69) is 22.5 Å². The molecule has 6 nitrogen and oxygen atoms in total. The highest BCUT2D eigenvalue weighted by Crippen LogP contribution is 2.23. The van der Waals surface area contributed by atoms with Gasteiger partial charge in [0.1, 0.15) is 0 Å². The maximum Gasteiger partial charge on any atom is 0.317 e. The van der Waals surface area contributed by atoms with Crippen molar-refractivity contribution >= 4 is 11.9 Å². The molecule has 3 amide bonds. The van der Waals surface area contributed by atoms with Gasteiger partial charge >= 0.3 is 6.03 Å². The van der Waals surface area contributed by atoms with Crippen molar-refractivity contribution < 1.29 is 9.59 Å². The van der Waals surface area contributed by atoms with Gasteiger partial charge in [0.15, 0.2) is 0 Å². The zero-order valence-corrected chi connectivity index (χ0v) is 15.7. The summed E-state index contributed by atoms with van der Waals surface area (Å²) in [5, 5.41) is 6.20. The monoisotopic (exact) mass is 338 g/mol. The Labute approximate surface area is 146 Å². The van der Waals surface area contributed by atoms with E-state index in [-0.39, 0.29) is 17.5 Å². The van der Waals surface area contributed by atoms with Gasteiger partial charge in [-0.2, -0.15) is 0 Å². The summed E-state index contributed by atoms with van der Waals surface area (Å²) in [6.45, 7) is 11.5. The summed E-state index contributed by atoms with van der Waals surface area (Å²) in [6, 6.07) is 0.384. The van der Waals surface area contributed by atoms with Crippen LogP contribution < -0.4 is 10.6 Å². The lowest BCUT2D eigenvalue weighted by molar-refractivity contribution is -0.124. The minimum absolute atomic E-state index is 0.0523. The van der Waals surface area contributed by atoms with Gasteiger partial charge in [0.2, 0.25) is 5.91 Å². The predicted octanol–water partition coefficient (Wildman–Crippen LogP) is 1.81. The molecule has 1 aliphatic heterocycles. The fraction of sp³-hybridized carbons (Fsp3) is 0.889. The Morgan fingerprint density at radius 2 is 1.67 bits per heavy atom. The fourth-order valence-corrected chi connectivity index (χ4v) is 3.55. The summed E-state index contributed by atoms with van der Waals surface area (Å²) in [4.78, 5) is 28.4. The molecule has 0 bridgehead atoms. The molecule has 138 valence electrons. The zero-order valence-electron chi connectivity index (χ0n) is 15.7. The van der Waals surface area contributed by atoms with Crippen LogP contribution in [-0.4, -0.2) is 66.0 Å². The molecule has 0 spiro atoms. The molecule has 1 saturated heterocycles. The van der Waals surface area contributed by atoms with Crippen molar-refractivity contribution in [3.05, 3.63) is 0 Å². The van der Waals surface area contributed by atoms with Gasteiger partial charge < -0.3 is 15.5 Å². The van der Waals surface area contributed by atoms with Crippen LogP contribution in [0, 0.1) is 5.92 Å². The summed E-state index contributed by atoms with van der Waals surface area (Å²) < 4.78 is 0. The molecule has 0 aromatic rings. The van der Waals surface area contributed by atoms with Crippen LogP contribution in [0.3, 0.4) is 0 Å². The summed E-state index contributed by atoms with van der Waals surface area (Å²) in [7, 11) is 0. The van der Waals surface area contributed by atoms with E-state index >= 15 is 0 Å². The third kappa shape index (κ3) is 5.96. The Balaban J connectivity index is 1.72. The lowest BCUT2D eigenvalue weighted by Gasteiger charge is -2.37. The van der Waals surface area contributed by atoms with Crippen LogP contribution in [0.2, 0.25) is 0 Å². The molecule has 0 aromatic carbocycles. The van der Waals surface area contributed by atoms with Gasteiger partial charge in [-0.05, 0) is 39.5 Å². The SMILES string of the molecule is CC1CCCCC1NC(=O)N1CCN(CC(=O)NC(C)(C)C)CC1. The Bertz CT molecular complexity index is 439. The molecule has 2 rings (SSSR count). The minimum Gasteiger partial charge on any atom is -0.350 e. The van der Waals surface area contributed by atoms with Crippen LogP contribution in [0.5, 0.6) is 0 Å². The molecule has 24 heavy (non-hydrogen) atoms. The summed E-state index contributed by atoms with van der Waals surface area (Å²) in [5.41, 5.74) is -0.199. The maximum atomic E-state index is 12.4. The van der Waals surface area contributed by atoms with E-state index in [1.807, 2.05) is 25.7 Å². The Morgan fingerprint density at radius 1 is 1.04 bits per heavy atom. The topological polar surface area (TPSA) is 64.7 Å². The number of hydrogen-bond donors (Lipinski definition) is 2. The standard InChI is InChI=1S/C18H34N4O2/c1-14-7-5-6-8-15(14)19-17(24)22-11-9-21(10-12-22)13-16(23)20-18(2,3)4/h14-15H,5-13H2,1-4H3,(H,19,24)(H,20,23). The van der Waals surface area contributed by atoms with Crippen molar-refractivity contribution in [2.24, 2.45) is 5.92 Å². The van der Waals surface area contributed by atoms with Crippen molar-refractivity contribution in [3.8, 4) is 0 Å². The number of nitrogens with one attached hydrogen (secondary N) is 2. The van der Waals surface area contributed by atoms with Crippen molar-refractivity contribution in [3.63, 3.8) is 0 Å². The largest absolute Gasteiger partial charge is 0.350 e. The van der Waals surface area contributed by atoms with Crippen molar-refractivity contribution in [2.75, 3.05) is 32.7 Å². The third-order valence-corrected chi connectivity index (χ3v) is 4.96. The first-order chi connectivity index (χ1) is 11.2. The number of carbonyl (C=O) groups excluding carboxylic acids is 2. The van der Waals surface area contributed by atoms with Crippen LogP contribution in [0.25, 0.3) is 0 Å². The van der Waals surface area contributed by atoms with Gasteiger partial charge in [-0.3, -0.25) is 9.69 Å². The van der Waals surface area contributed by atoms with Gasteiger partial charge in [-0.1, -0.05) is 19.8 Å². The van der Waals surface area contributed by atoms with E-state index in [1.165, 1.54) is 19.3 Å². The van der Waals surface area contributed by atoms with Crippen LogP contribution in [0.15, 0.2) is 0 Å². The molecule has 0 radical (unpaired) electrons. The highest BCUT2D eigenvalue weighted by Gasteiger charge is 2.27. The number of piperazine rings is 1. The number of urea groups is 1. The summed E-state index contributed by atoms with van der Waals surface area (Å²) in [5.74, 6) is 0.626. The van der Waals surface area contributed by atoms with E-state index in [4.69, 9.17) is 0 Å². The minimum atomic E-state index is -0.199. The number of amides is 3. The first kappa shape index (κ1) is 19.0. The molecule has 6 heteroatoms. The molecule has 2 fully saturated rings. The van der Waals surface area contributed by atoms with Crippen molar-refractivity contribution in [2.45, 2.75) is 65.0 Å². The molecule has 1 aliphatic carbocycles. The second-order valence-electron chi connectivity index (χ2n) is 8.38. The van der Waals surface area contributed by atoms with E-state index < -0.39 is 0 Å². The summed E-state index contributed by atoms with van der Waals surface area (Å²) in [6.07, 6.45) is 4.80. The molecule has 0 aromatic heterocycles. The maximum absolute atomic E-state index is 12.4. The highest BCUT2D eigenvalue weighted by atomic mass is 16.2. The van der Waals surface area contributed by atoms with Gasteiger partial charge in [0, 0.05) is 37.8 Å². The Kier molecular flexibility index (Phi) is 6.49. The second-order valence-corrected chi connectivity index (χ2v) is 8.38. The van der Waals surface area contributed by atoms with E-state index in [0.29, 0.717) is 31.6 Å². The molecular formula is C18H34N4O2. The first-order valence-electron chi connectivity index (χ1n) is 9.33. The average molecular weight is 338 g/mol. The number of carbonyl (C=O) groups is 2. The van der Waals surface area contributed by atoms with E-state index in [0.717, 1.165) is 19.5 Å². The Morgan fingerprint density at radius 3 is 2.25 bits per heavy atom. The lowest BCUT2D eigenvalue weighted by atomic mass is 9.86. The second kappa shape index (κ2) is 8.19. The third-order valence-electron chi connectivity index (χ3n) is 4.96. The molecular weight excluding hydrogens is 304 g/mol. The quantitative estimate of drug-likeness (QED) is 0.825. The molecule has 2 atom stereocenters. The fourth-order valence-electron chi connectivity index (χ4n) is 3.55. The number of nitrogens with zero attached hydrogens (tertiary/aromatic N) is 2. The number of rotatable bonds is 3. The molecule has 1 heterocycles. The van der Waals surface area contributed by atoms with Crippen LogP contribution in [0.4, 0.5) is 4.79 Å². The van der Waals surface area contributed by atoms with Crippen LogP contribution in [-0.2, 0) is 4.79 Å². The van der Waals surface area contributed by atoms with Crippen LogP contribution in [0.1, 0.15) is 53.4 Å².